The van der Waals surface area contributed by atoms with E-state index in [9.17, 15) is 4.39 Å². The molecule has 0 fully saturated rings. The number of rotatable bonds is 3. The molecule has 3 nitrogen and oxygen atoms in total. The zero-order valence-electron chi connectivity index (χ0n) is 6.80. The zero-order valence-corrected chi connectivity index (χ0v) is 6.80. The van der Waals surface area contributed by atoms with E-state index in [1.54, 1.807) is 13.2 Å². The quantitative estimate of drug-likeness (QED) is 0.530. The highest BCUT2D eigenvalue weighted by atomic mass is 19.1. The lowest BCUT2D eigenvalue weighted by Gasteiger charge is -2.07. The first kappa shape index (κ1) is 8.96. The largest absolute Gasteiger partial charge is 0.380 e. The first-order chi connectivity index (χ1) is 5.77. The number of anilines is 1. The Morgan fingerprint density at radius 1 is 1.58 bits per heavy atom. The van der Waals surface area contributed by atoms with E-state index in [-0.39, 0.29) is 5.82 Å². The van der Waals surface area contributed by atoms with E-state index in [4.69, 9.17) is 10.6 Å². The second-order valence-electron chi connectivity index (χ2n) is 2.38. The van der Waals surface area contributed by atoms with Crippen molar-refractivity contribution in [1.29, 1.82) is 0 Å². The third-order valence-corrected chi connectivity index (χ3v) is 1.52. The van der Waals surface area contributed by atoms with Crippen LogP contribution in [0.15, 0.2) is 18.2 Å². The minimum absolute atomic E-state index is 0.291. The molecule has 0 spiro atoms. The summed E-state index contributed by atoms with van der Waals surface area (Å²) in [4.78, 5) is 0. The summed E-state index contributed by atoms with van der Waals surface area (Å²) in [5.74, 6) is 4.91. The molecule has 0 aliphatic rings. The van der Waals surface area contributed by atoms with Gasteiger partial charge in [-0.3, -0.25) is 5.84 Å². The van der Waals surface area contributed by atoms with Gasteiger partial charge in [-0.15, -0.1) is 0 Å². The molecule has 0 saturated carbocycles. The number of hydrogen-bond donors (Lipinski definition) is 2. The molecule has 66 valence electrons. The van der Waals surface area contributed by atoms with Gasteiger partial charge in [0.25, 0.3) is 0 Å². The molecule has 4 heteroatoms. The van der Waals surface area contributed by atoms with Gasteiger partial charge in [0.15, 0.2) is 0 Å². The van der Waals surface area contributed by atoms with Crippen molar-refractivity contribution < 1.29 is 9.13 Å². The second-order valence-corrected chi connectivity index (χ2v) is 2.38. The van der Waals surface area contributed by atoms with Crippen LogP contribution >= 0.6 is 0 Å². The van der Waals surface area contributed by atoms with Gasteiger partial charge >= 0.3 is 0 Å². The van der Waals surface area contributed by atoms with Crippen molar-refractivity contribution >= 4 is 5.69 Å². The maximum Gasteiger partial charge on any atom is 0.123 e. The minimum Gasteiger partial charge on any atom is -0.380 e. The molecule has 1 rings (SSSR count). The van der Waals surface area contributed by atoms with E-state index in [2.05, 4.69) is 5.43 Å². The lowest BCUT2D eigenvalue weighted by Crippen LogP contribution is -2.09. The van der Waals surface area contributed by atoms with Crippen molar-refractivity contribution in [2.45, 2.75) is 6.61 Å². The van der Waals surface area contributed by atoms with Gasteiger partial charge in [0.1, 0.15) is 5.82 Å². The van der Waals surface area contributed by atoms with Gasteiger partial charge in [-0.1, -0.05) is 0 Å². The van der Waals surface area contributed by atoms with E-state index in [1.165, 1.54) is 12.1 Å². The lowest BCUT2D eigenvalue weighted by molar-refractivity contribution is 0.185. The summed E-state index contributed by atoms with van der Waals surface area (Å²) in [5, 5.41) is 0. The number of methoxy groups -OCH3 is 1. The van der Waals surface area contributed by atoms with Crippen LogP contribution in [0.2, 0.25) is 0 Å². The minimum atomic E-state index is -0.291. The molecule has 0 unspecified atom stereocenters. The molecule has 0 aromatic heterocycles. The smallest absolute Gasteiger partial charge is 0.123 e. The van der Waals surface area contributed by atoms with E-state index in [0.29, 0.717) is 17.9 Å². The van der Waals surface area contributed by atoms with E-state index in [0.717, 1.165) is 0 Å². The number of hydrogen-bond acceptors (Lipinski definition) is 3. The van der Waals surface area contributed by atoms with Gasteiger partial charge in [0.05, 0.1) is 12.3 Å². The number of hydrazine groups is 1. The summed E-state index contributed by atoms with van der Waals surface area (Å²) in [6.45, 7) is 0.345. The topological polar surface area (TPSA) is 47.3 Å². The van der Waals surface area contributed by atoms with Gasteiger partial charge in [-0.05, 0) is 18.2 Å². The molecule has 1 aromatic rings. The zero-order chi connectivity index (χ0) is 8.97. The Balaban J connectivity index is 2.95. The number of halogens is 1. The van der Waals surface area contributed by atoms with Crippen LogP contribution in [0.5, 0.6) is 0 Å². The maximum absolute atomic E-state index is 12.7. The SMILES string of the molecule is COCc1cc(F)ccc1NN. The highest BCUT2D eigenvalue weighted by Gasteiger charge is 2.01. The number of nitrogen functional groups attached to an aromatic ring is 1. The average molecular weight is 170 g/mol. The Morgan fingerprint density at radius 3 is 2.92 bits per heavy atom. The maximum atomic E-state index is 12.7. The molecule has 0 bridgehead atoms. The predicted octanol–water partition coefficient (Wildman–Crippen LogP) is 1.26. The Bertz CT molecular complexity index is 265. The first-order valence-corrected chi connectivity index (χ1v) is 3.52. The summed E-state index contributed by atoms with van der Waals surface area (Å²) >= 11 is 0. The summed E-state index contributed by atoms with van der Waals surface area (Å²) in [7, 11) is 1.55. The molecule has 1 aromatic carbocycles. The molecule has 0 aliphatic heterocycles. The van der Waals surface area contributed by atoms with Crippen molar-refractivity contribution in [3.63, 3.8) is 0 Å². The fraction of sp³-hybridized carbons (Fsp3) is 0.250. The van der Waals surface area contributed by atoms with Gasteiger partial charge < -0.3 is 10.2 Å². The Kier molecular flexibility index (Phi) is 3.01. The van der Waals surface area contributed by atoms with Crippen LogP contribution in [0.25, 0.3) is 0 Å². The molecule has 3 N–H and O–H groups in total. The molecular weight excluding hydrogens is 159 g/mol. The molecule has 0 amide bonds. The molecule has 0 atom stereocenters. The summed E-state index contributed by atoms with van der Waals surface area (Å²) in [6.07, 6.45) is 0. The van der Waals surface area contributed by atoms with Crippen molar-refractivity contribution in [2.75, 3.05) is 12.5 Å². The Morgan fingerprint density at radius 2 is 2.33 bits per heavy atom. The van der Waals surface area contributed by atoms with Gasteiger partial charge in [-0.2, -0.15) is 0 Å². The Labute approximate surface area is 70.3 Å². The Hall–Kier alpha value is -1.13. The van der Waals surface area contributed by atoms with E-state index < -0.39 is 0 Å². The summed E-state index contributed by atoms with van der Waals surface area (Å²) < 4.78 is 17.5. The van der Waals surface area contributed by atoms with Gasteiger partial charge in [-0.25, -0.2) is 4.39 Å². The molecular formula is C8H11FN2O. The fourth-order valence-electron chi connectivity index (χ4n) is 0.978. The highest BCUT2D eigenvalue weighted by molar-refractivity contribution is 5.49. The summed E-state index contributed by atoms with van der Waals surface area (Å²) in [5.41, 5.74) is 3.85. The van der Waals surface area contributed by atoms with Crippen molar-refractivity contribution in [3.05, 3.63) is 29.6 Å². The van der Waals surface area contributed by atoms with E-state index in [1.807, 2.05) is 0 Å². The van der Waals surface area contributed by atoms with Crippen LogP contribution in [0.3, 0.4) is 0 Å². The first-order valence-electron chi connectivity index (χ1n) is 3.52. The monoisotopic (exact) mass is 170 g/mol. The predicted molar refractivity (Wildman–Crippen MR) is 44.9 cm³/mol. The summed E-state index contributed by atoms with van der Waals surface area (Å²) in [6, 6.07) is 4.30. The van der Waals surface area contributed by atoms with Crippen molar-refractivity contribution in [1.82, 2.24) is 0 Å². The third-order valence-electron chi connectivity index (χ3n) is 1.52. The second kappa shape index (κ2) is 4.04. The van der Waals surface area contributed by atoms with Crippen LogP contribution in [0.1, 0.15) is 5.56 Å². The molecule has 0 heterocycles. The third kappa shape index (κ3) is 1.93. The van der Waals surface area contributed by atoms with Crippen LogP contribution in [0, 0.1) is 5.82 Å². The van der Waals surface area contributed by atoms with Gasteiger partial charge in [0, 0.05) is 12.7 Å². The molecule has 12 heavy (non-hydrogen) atoms. The van der Waals surface area contributed by atoms with Crippen LogP contribution < -0.4 is 11.3 Å². The molecule has 0 aliphatic carbocycles. The number of benzene rings is 1. The molecule has 0 saturated heterocycles. The fourth-order valence-corrected chi connectivity index (χ4v) is 0.978. The lowest BCUT2D eigenvalue weighted by atomic mass is 10.2. The van der Waals surface area contributed by atoms with Crippen molar-refractivity contribution in [3.8, 4) is 0 Å². The standard InChI is InChI=1S/C8H11FN2O/c1-12-5-6-4-7(9)2-3-8(6)11-10/h2-4,11H,5,10H2,1H3. The highest BCUT2D eigenvalue weighted by Crippen LogP contribution is 2.16. The normalized spacial score (nSPS) is 9.92. The van der Waals surface area contributed by atoms with Crippen molar-refractivity contribution in [2.24, 2.45) is 5.84 Å². The van der Waals surface area contributed by atoms with Gasteiger partial charge in [0.2, 0.25) is 0 Å². The number of ether oxygens (including phenoxy) is 1. The number of nitrogens with one attached hydrogen (secondary N) is 1. The van der Waals surface area contributed by atoms with Crippen LogP contribution in [-0.4, -0.2) is 7.11 Å². The van der Waals surface area contributed by atoms with Crippen LogP contribution in [0.4, 0.5) is 10.1 Å². The van der Waals surface area contributed by atoms with E-state index >= 15 is 0 Å². The number of nitrogens with two attached hydrogens (primary N) is 1. The van der Waals surface area contributed by atoms with Crippen LogP contribution in [-0.2, 0) is 11.3 Å². The average Bonchev–Trinajstić information content (AvgIpc) is 2.05. The molecule has 0 radical (unpaired) electrons.